The minimum atomic E-state index is -0.614. The number of para-hydroxylation sites is 1. The quantitative estimate of drug-likeness (QED) is 0.446. The Morgan fingerprint density at radius 3 is 2.48 bits per heavy atom. The van der Waals surface area contributed by atoms with Crippen LogP contribution in [0.5, 0.6) is 17.2 Å². The first-order chi connectivity index (χ1) is 11.2. The first kappa shape index (κ1) is 16.5. The van der Waals surface area contributed by atoms with E-state index in [9.17, 15) is 9.59 Å². The minimum Gasteiger partial charge on any atom is -0.493 e. The number of ether oxygens (including phenoxy) is 3. The number of aldehydes is 1. The molecule has 0 N–H and O–H groups in total. The van der Waals surface area contributed by atoms with Crippen LogP contribution in [0, 0.1) is 0 Å². The summed E-state index contributed by atoms with van der Waals surface area (Å²) in [5.74, 6) is 0.377. The predicted octanol–water partition coefficient (Wildman–Crippen LogP) is 3.05. The van der Waals surface area contributed by atoms with Gasteiger partial charge in [0.15, 0.2) is 24.4 Å². The summed E-state index contributed by atoms with van der Waals surface area (Å²) in [6.45, 7) is 1.80. The monoisotopic (exact) mass is 314 g/mol. The average Bonchev–Trinajstić information content (AvgIpc) is 2.60. The van der Waals surface area contributed by atoms with Gasteiger partial charge in [0.25, 0.3) is 0 Å². The maximum atomic E-state index is 11.9. The zero-order valence-electron chi connectivity index (χ0n) is 13.1. The highest BCUT2D eigenvalue weighted by molar-refractivity contribution is 5.84. The van der Waals surface area contributed by atoms with Crippen molar-refractivity contribution in [2.75, 3.05) is 13.7 Å². The number of esters is 1. The fourth-order valence-electron chi connectivity index (χ4n) is 2.00. The highest BCUT2D eigenvalue weighted by Crippen LogP contribution is 2.30. The summed E-state index contributed by atoms with van der Waals surface area (Å²) >= 11 is 0. The molecule has 0 saturated heterocycles. The third-order valence-corrected chi connectivity index (χ3v) is 3.26. The van der Waals surface area contributed by atoms with Crippen LogP contribution in [-0.2, 0) is 11.2 Å². The number of carbonyl (C=O) groups excluding carboxylic acids is 2. The van der Waals surface area contributed by atoms with E-state index < -0.39 is 5.97 Å². The van der Waals surface area contributed by atoms with Crippen molar-refractivity contribution in [3.63, 3.8) is 0 Å². The lowest BCUT2D eigenvalue weighted by molar-refractivity contribution is -0.136. The van der Waals surface area contributed by atoms with E-state index >= 15 is 0 Å². The van der Waals surface area contributed by atoms with Crippen LogP contribution in [0.25, 0.3) is 0 Å². The van der Waals surface area contributed by atoms with E-state index in [2.05, 4.69) is 6.92 Å². The van der Waals surface area contributed by atoms with Gasteiger partial charge in [0.1, 0.15) is 5.75 Å². The highest BCUT2D eigenvalue weighted by Gasteiger charge is 2.15. The standard InChI is InChI=1S/C18H18O5/c1-3-13-7-9-15(10-8-13)22-12-17(20)23-18-14(11-19)5-4-6-16(18)21-2/h4-11H,3,12H2,1-2H3. The lowest BCUT2D eigenvalue weighted by Crippen LogP contribution is -2.18. The molecule has 0 fully saturated rings. The van der Waals surface area contributed by atoms with Gasteiger partial charge in [0.05, 0.1) is 12.7 Å². The van der Waals surface area contributed by atoms with Crippen LogP contribution in [0.2, 0.25) is 0 Å². The molecule has 5 heteroatoms. The van der Waals surface area contributed by atoms with Gasteiger partial charge in [-0.1, -0.05) is 25.1 Å². The maximum absolute atomic E-state index is 11.9. The van der Waals surface area contributed by atoms with Crippen molar-refractivity contribution in [3.8, 4) is 17.2 Å². The van der Waals surface area contributed by atoms with Crippen LogP contribution in [-0.4, -0.2) is 26.0 Å². The SMILES string of the molecule is CCc1ccc(OCC(=O)Oc2c(C=O)cccc2OC)cc1. The smallest absolute Gasteiger partial charge is 0.349 e. The number of rotatable bonds is 7. The normalized spacial score (nSPS) is 10.0. The van der Waals surface area contributed by atoms with Gasteiger partial charge >= 0.3 is 5.97 Å². The molecule has 0 saturated carbocycles. The van der Waals surface area contributed by atoms with E-state index in [4.69, 9.17) is 14.2 Å². The average molecular weight is 314 g/mol. The molecule has 0 aromatic heterocycles. The Labute approximate surface area is 134 Å². The van der Waals surface area contributed by atoms with Gasteiger partial charge in [-0.3, -0.25) is 4.79 Å². The topological polar surface area (TPSA) is 61.8 Å². The summed E-state index contributed by atoms with van der Waals surface area (Å²) in [5.41, 5.74) is 1.43. The van der Waals surface area contributed by atoms with E-state index in [0.717, 1.165) is 6.42 Å². The van der Waals surface area contributed by atoms with Gasteiger partial charge in [-0.25, -0.2) is 4.79 Å². The van der Waals surface area contributed by atoms with Crippen molar-refractivity contribution in [3.05, 3.63) is 53.6 Å². The van der Waals surface area contributed by atoms with Crippen LogP contribution in [0.3, 0.4) is 0 Å². The number of methoxy groups -OCH3 is 1. The number of aryl methyl sites for hydroxylation is 1. The van der Waals surface area contributed by atoms with Gasteiger partial charge < -0.3 is 14.2 Å². The molecule has 0 aliphatic carbocycles. The second-order valence-corrected chi connectivity index (χ2v) is 4.76. The van der Waals surface area contributed by atoms with Gasteiger partial charge in [0, 0.05) is 0 Å². The lowest BCUT2D eigenvalue weighted by atomic mass is 10.2. The van der Waals surface area contributed by atoms with Crippen molar-refractivity contribution in [2.45, 2.75) is 13.3 Å². The van der Waals surface area contributed by atoms with Crippen LogP contribution < -0.4 is 14.2 Å². The van der Waals surface area contributed by atoms with E-state index in [-0.39, 0.29) is 17.9 Å². The number of hydrogen-bond donors (Lipinski definition) is 0. The van der Waals surface area contributed by atoms with Crippen molar-refractivity contribution >= 4 is 12.3 Å². The number of hydrogen-bond acceptors (Lipinski definition) is 5. The largest absolute Gasteiger partial charge is 0.493 e. The summed E-state index contributed by atoms with van der Waals surface area (Å²) in [6, 6.07) is 12.3. The number of benzene rings is 2. The number of carbonyl (C=O) groups is 2. The van der Waals surface area contributed by atoms with Crippen molar-refractivity contribution in [2.24, 2.45) is 0 Å². The molecule has 0 aliphatic rings. The molecule has 5 nitrogen and oxygen atoms in total. The Balaban J connectivity index is 2.00. The third-order valence-electron chi connectivity index (χ3n) is 3.26. The molecule has 2 aromatic rings. The molecule has 0 aliphatic heterocycles. The second kappa shape index (κ2) is 7.98. The second-order valence-electron chi connectivity index (χ2n) is 4.76. The molecule has 120 valence electrons. The molecule has 2 rings (SSSR count). The fraction of sp³-hybridized carbons (Fsp3) is 0.222. The van der Waals surface area contributed by atoms with E-state index in [1.54, 1.807) is 30.3 Å². The molecule has 0 radical (unpaired) electrons. The molecule has 0 spiro atoms. The first-order valence-corrected chi connectivity index (χ1v) is 7.22. The Morgan fingerprint density at radius 2 is 1.87 bits per heavy atom. The van der Waals surface area contributed by atoms with E-state index in [1.165, 1.54) is 12.7 Å². The molecular formula is C18H18O5. The summed E-state index contributed by atoms with van der Waals surface area (Å²) in [4.78, 5) is 23.0. The van der Waals surface area contributed by atoms with E-state index in [1.807, 2.05) is 12.1 Å². The lowest BCUT2D eigenvalue weighted by Gasteiger charge is -2.11. The predicted molar refractivity (Wildman–Crippen MR) is 85.3 cm³/mol. The van der Waals surface area contributed by atoms with Crippen LogP contribution in [0.4, 0.5) is 0 Å². The van der Waals surface area contributed by atoms with Gasteiger partial charge in [-0.15, -0.1) is 0 Å². The Hall–Kier alpha value is -2.82. The Bertz CT molecular complexity index is 676. The molecule has 0 amide bonds. The minimum absolute atomic E-state index is 0.0972. The molecule has 0 unspecified atom stereocenters. The molecule has 0 atom stereocenters. The molecule has 2 aromatic carbocycles. The molecule has 0 heterocycles. The third kappa shape index (κ3) is 4.32. The summed E-state index contributed by atoms with van der Waals surface area (Å²) in [6.07, 6.45) is 1.54. The van der Waals surface area contributed by atoms with Gasteiger partial charge in [-0.05, 0) is 36.2 Å². The van der Waals surface area contributed by atoms with E-state index in [0.29, 0.717) is 17.8 Å². The zero-order chi connectivity index (χ0) is 16.7. The summed E-state index contributed by atoms with van der Waals surface area (Å²) in [7, 11) is 1.44. The maximum Gasteiger partial charge on any atom is 0.349 e. The van der Waals surface area contributed by atoms with Crippen molar-refractivity contribution in [1.29, 1.82) is 0 Å². The van der Waals surface area contributed by atoms with Crippen molar-refractivity contribution < 1.29 is 23.8 Å². The Morgan fingerprint density at radius 1 is 1.13 bits per heavy atom. The van der Waals surface area contributed by atoms with Crippen molar-refractivity contribution in [1.82, 2.24) is 0 Å². The molecule has 0 bridgehead atoms. The zero-order valence-corrected chi connectivity index (χ0v) is 13.1. The first-order valence-electron chi connectivity index (χ1n) is 7.22. The Kier molecular flexibility index (Phi) is 5.74. The molecular weight excluding hydrogens is 296 g/mol. The van der Waals surface area contributed by atoms with Crippen LogP contribution >= 0.6 is 0 Å². The van der Waals surface area contributed by atoms with Gasteiger partial charge in [-0.2, -0.15) is 0 Å². The summed E-state index contributed by atoms with van der Waals surface area (Å²) < 4.78 is 15.7. The van der Waals surface area contributed by atoms with Gasteiger partial charge in [0.2, 0.25) is 0 Å². The van der Waals surface area contributed by atoms with Crippen LogP contribution in [0.1, 0.15) is 22.8 Å². The van der Waals surface area contributed by atoms with Crippen LogP contribution in [0.15, 0.2) is 42.5 Å². The molecule has 23 heavy (non-hydrogen) atoms. The fourth-order valence-corrected chi connectivity index (χ4v) is 2.00. The highest BCUT2D eigenvalue weighted by atomic mass is 16.6. The summed E-state index contributed by atoms with van der Waals surface area (Å²) in [5, 5.41) is 0.